The minimum Gasteiger partial charge on any atom is -0.476 e. The molecule has 2 unspecified atom stereocenters. The second kappa shape index (κ2) is 7.99. The number of thiazole rings is 1. The van der Waals surface area contributed by atoms with Crippen LogP contribution in [0.25, 0.3) is 0 Å². The Hall–Kier alpha value is -1.43. The first-order valence-electron chi connectivity index (χ1n) is 6.98. The number of aromatic nitrogens is 1. The molecule has 0 aliphatic carbocycles. The van der Waals surface area contributed by atoms with Gasteiger partial charge in [0.15, 0.2) is 5.69 Å². The van der Waals surface area contributed by atoms with Gasteiger partial charge in [-0.05, 0) is 19.8 Å². The molecule has 0 radical (unpaired) electrons. The molecule has 1 aromatic rings. The molecule has 20 heavy (non-hydrogen) atoms. The summed E-state index contributed by atoms with van der Waals surface area (Å²) in [6.45, 7) is 5.95. The number of nitrogens with zero attached hydrogens (tertiary/aromatic N) is 1. The van der Waals surface area contributed by atoms with Gasteiger partial charge in [-0.2, -0.15) is 0 Å². The van der Waals surface area contributed by atoms with E-state index in [-0.39, 0.29) is 23.6 Å². The van der Waals surface area contributed by atoms with Crippen molar-refractivity contribution in [3.63, 3.8) is 0 Å². The number of hydrogen-bond acceptors (Lipinski definition) is 4. The molecule has 1 heterocycles. The Morgan fingerprint density at radius 3 is 2.65 bits per heavy atom. The van der Waals surface area contributed by atoms with Gasteiger partial charge in [-0.25, -0.2) is 9.78 Å². The Bertz CT molecular complexity index is 459. The van der Waals surface area contributed by atoms with Gasteiger partial charge in [0.1, 0.15) is 5.01 Å². The Morgan fingerprint density at radius 1 is 1.45 bits per heavy atom. The Balaban J connectivity index is 2.61. The van der Waals surface area contributed by atoms with Gasteiger partial charge in [0.05, 0.1) is 6.04 Å². The fraction of sp³-hybridized carbons (Fsp3) is 0.643. The van der Waals surface area contributed by atoms with Gasteiger partial charge in [0.25, 0.3) is 0 Å². The Kier molecular flexibility index (Phi) is 6.64. The summed E-state index contributed by atoms with van der Waals surface area (Å²) >= 11 is 1.26. The summed E-state index contributed by atoms with van der Waals surface area (Å²) in [4.78, 5) is 27.0. The second-order valence-electron chi connectivity index (χ2n) is 4.85. The van der Waals surface area contributed by atoms with Gasteiger partial charge in [0.2, 0.25) is 5.91 Å². The van der Waals surface area contributed by atoms with Crippen LogP contribution in [0.5, 0.6) is 0 Å². The lowest BCUT2D eigenvalue weighted by Gasteiger charge is -2.17. The number of rotatable bonds is 8. The lowest BCUT2D eigenvalue weighted by Crippen LogP contribution is -2.32. The van der Waals surface area contributed by atoms with Crippen molar-refractivity contribution in [2.24, 2.45) is 5.92 Å². The summed E-state index contributed by atoms with van der Waals surface area (Å²) in [7, 11) is 0. The van der Waals surface area contributed by atoms with Gasteiger partial charge >= 0.3 is 5.97 Å². The molecule has 0 aliphatic rings. The van der Waals surface area contributed by atoms with Crippen LogP contribution in [0.2, 0.25) is 0 Å². The highest BCUT2D eigenvalue weighted by atomic mass is 32.1. The number of unbranched alkanes of at least 4 members (excludes halogenated alkanes) is 1. The molecule has 0 aromatic carbocycles. The molecule has 1 aromatic heterocycles. The zero-order valence-corrected chi connectivity index (χ0v) is 13.0. The highest BCUT2D eigenvalue weighted by Gasteiger charge is 2.20. The van der Waals surface area contributed by atoms with Crippen LogP contribution in [0.3, 0.4) is 0 Å². The number of nitrogens with one attached hydrogen (secondary N) is 1. The van der Waals surface area contributed by atoms with Crippen molar-refractivity contribution in [1.82, 2.24) is 10.3 Å². The molecule has 0 bridgehead atoms. The molecule has 0 spiro atoms. The second-order valence-corrected chi connectivity index (χ2v) is 5.74. The van der Waals surface area contributed by atoms with E-state index in [1.165, 1.54) is 16.7 Å². The summed E-state index contributed by atoms with van der Waals surface area (Å²) in [5.74, 6) is -0.989. The standard InChI is InChI=1S/C14H22N2O3S/c1-4-6-7-10(5-2)12(17)15-9(3)13-16-11(8-20-13)14(18)19/h8-10H,4-7H2,1-3H3,(H,15,17)(H,18,19). The summed E-state index contributed by atoms with van der Waals surface area (Å²) in [6.07, 6.45) is 3.83. The average molecular weight is 298 g/mol. The minimum absolute atomic E-state index is 0.0244. The fourth-order valence-corrected chi connectivity index (χ4v) is 2.75. The van der Waals surface area contributed by atoms with Crippen LogP contribution >= 0.6 is 11.3 Å². The van der Waals surface area contributed by atoms with Crippen molar-refractivity contribution in [1.29, 1.82) is 0 Å². The van der Waals surface area contributed by atoms with Gasteiger partial charge in [-0.1, -0.05) is 26.7 Å². The summed E-state index contributed by atoms with van der Waals surface area (Å²) in [5, 5.41) is 13.9. The Morgan fingerprint density at radius 2 is 2.15 bits per heavy atom. The van der Waals surface area contributed by atoms with Crippen LogP contribution in [0.15, 0.2) is 5.38 Å². The molecule has 1 amide bonds. The summed E-state index contributed by atoms with van der Waals surface area (Å²) in [5.41, 5.74) is 0.0316. The van der Waals surface area contributed by atoms with E-state index in [1.807, 2.05) is 13.8 Å². The molecule has 0 saturated heterocycles. The van der Waals surface area contributed by atoms with Crippen molar-refractivity contribution in [3.05, 3.63) is 16.1 Å². The molecule has 6 heteroatoms. The normalized spacial score (nSPS) is 13.8. The van der Waals surface area contributed by atoms with Crippen molar-refractivity contribution in [2.45, 2.75) is 52.5 Å². The Labute approximate surface area is 123 Å². The van der Waals surface area contributed by atoms with E-state index in [2.05, 4.69) is 17.2 Å². The lowest BCUT2D eigenvalue weighted by molar-refractivity contribution is -0.126. The quantitative estimate of drug-likeness (QED) is 0.772. The van der Waals surface area contributed by atoms with E-state index >= 15 is 0 Å². The zero-order valence-electron chi connectivity index (χ0n) is 12.2. The number of hydrogen-bond donors (Lipinski definition) is 2. The fourth-order valence-electron chi connectivity index (χ4n) is 1.95. The minimum atomic E-state index is -1.04. The van der Waals surface area contributed by atoms with Gasteiger partial charge in [-0.15, -0.1) is 11.3 Å². The molecule has 0 fully saturated rings. The van der Waals surface area contributed by atoms with Crippen LogP contribution in [-0.2, 0) is 4.79 Å². The monoisotopic (exact) mass is 298 g/mol. The molecule has 112 valence electrons. The van der Waals surface area contributed by atoms with E-state index in [0.29, 0.717) is 5.01 Å². The first kappa shape index (κ1) is 16.6. The number of carboxylic acid groups (broad SMARTS) is 1. The van der Waals surface area contributed by atoms with E-state index in [9.17, 15) is 9.59 Å². The molecule has 0 saturated carbocycles. The zero-order chi connectivity index (χ0) is 15.1. The smallest absolute Gasteiger partial charge is 0.355 e. The van der Waals surface area contributed by atoms with Gasteiger partial charge in [-0.3, -0.25) is 4.79 Å². The highest BCUT2D eigenvalue weighted by molar-refractivity contribution is 7.09. The van der Waals surface area contributed by atoms with Crippen LogP contribution in [-0.4, -0.2) is 22.0 Å². The molecule has 1 rings (SSSR count). The van der Waals surface area contributed by atoms with E-state index in [1.54, 1.807) is 0 Å². The number of carbonyl (C=O) groups excluding carboxylic acids is 1. The van der Waals surface area contributed by atoms with Crippen LogP contribution in [0.4, 0.5) is 0 Å². The highest BCUT2D eigenvalue weighted by Crippen LogP contribution is 2.20. The first-order chi connectivity index (χ1) is 9.49. The number of aromatic carboxylic acids is 1. The van der Waals surface area contributed by atoms with Crippen molar-refractivity contribution >= 4 is 23.2 Å². The van der Waals surface area contributed by atoms with Crippen molar-refractivity contribution in [3.8, 4) is 0 Å². The third kappa shape index (κ3) is 4.59. The topological polar surface area (TPSA) is 79.3 Å². The maximum Gasteiger partial charge on any atom is 0.355 e. The average Bonchev–Trinajstić information content (AvgIpc) is 2.89. The van der Waals surface area contributed by atoms with E-state index < -0.39 is 5.97 Å². The third-order valence-corrected chi connectivity index (χ3v) is 4.27. The van der Waals surface area contributed by atoms with Gasteiger partial charge < -0.3 is 10.4 Å². The summed E-state index contributed by atoms with van der Waals surface area (Å²) in [6, 6.07) is -0.253. The van der Waals surface area contributed by atoms with Crippen molar-refractivity contribution in [2.75, 3.05) is 0 Å². The molecule has 0 aliphatic heterocycles. The van der Waals surface area contributed by atoms with Gasteiger partial charge in [0, 0.05) is 11.3 Å². The number of amides is 1. The maximum absolute atomic E-state index is 12.2. The molecule has 2 N–H and O–H groups in total. The maximum atomic E-state index is 12.2. The van der Waals surface area contributed by atoms with E-state index in [4.69, 9.17) is 5.11 Å². The largest absolute Gasteiger partial charge is 0.476 e. The predicted octanol–water partition coefficient (Wildman–Crippen LogP) is 3.23. The van der Waals surface area contributed by atoms with Crippen LogP contribution in [0, 0.1) is 5.92 Å². The van der Waals surface area contributed by atoms with Crippen molar-refractivity contribution < 1.29 is 14.7 Å². The number of carbonyl (C=O) groups is 2. The van der Waals surface area contributed by atoms with E-state index in [0.717, 1.165) is 25.7 Å². The predicted molar refractivity (Wildman–Crippen MR) is 78.9 cm³/mol. The molecular formula is C14H22N2O3S. The molecular weight excluding hydrogens is 276 g/mol. The SMILES string of the molecule is CCCCC(CC)C(=O)NC(C)c1nc(C(=O)O)cs1. The summed E-state index contributed by atoms with van der Waals surface area (Å²) < 4.78 is 0. The van der Waals surface area contributed by atoms with Crippen LogP contribution in [0.1, 0.15) is 68.0 Å². The van der Waals surface area contributed by atoms with Crippen LogP contribution < -0.4 is 5.32 Å². The first-order valence-corrected chi connectivity index (χ1v) is 7.86. The lowest BCUT2D eigenvalue weighted by atomic mass is 9.98. The molecule has 5 nitrogen and oxygen atoms in total. The molecule has 2 atom stereocenters. The number of carboxylic acids is 1. The third-order valence-electron chi connectivity index (χ3n) is 3.24.